The van der Waals surface area contributed by atoms with Gasteiger partial charge in [-0.1, -0.05) is 0 Å². The van der Waals surface area contributed by atoms with Gasteiger partial charge in [0.05, 0.1) is 11.9 Å². The van der Waals surface area contributed by atoms with Crippen molar-refractivity contribution < 1.29 is 26.4 Å². The van der Waals surface area contributed by atoms with Gasteiger partial charge in [0.25, 0.3) is 0 Å². The largest absolute Gasteiger partial charge is 0.369 e. The maximum Gasteiger partial charge on any atom is 0.239 e. The Hall–Kier alpha value is -2.95. The number of ketones is 1. The molecule has 1 aromatic heterocycles. The van der Waals surface area contributed by atoms with E-state index in [1.165, 1.54) is 26.1 Å². The lowest BCUT2D eigenvalue weighted by Crippen LogP contribution is -2.50. The van der Waals surface area contributed by atoms with Crippen LogP contribution in [0.25, 0.3) is 0 Å². The van der Waals surface area contributed by atoms with Gasteiger partial charge in [-0.25, -0.2) is 30.9 Å². The fraction of sp³-hybridized carbons (Fsp3) is 0.278. The molecule has 1 aliphatic heterocycles. The molecule has 1 aromatic carbocycles. The average molecular weight is 426 g/mol. The maximum absolute atomic E-state index is 14.6. The molecule has 0 bridgehead atoms. The highest BCUT2D eigenvalue weighted by Crippen LogP contribution is 2.35. The number of sulfonamides is 1. The van der Waals surface area contributed by atoms with E-state index in [0.717, 1.165) is 22.6 Å². The van der Waals surface area contributed by atoms with Crippen molar-refractivity contribution in [3.63, 3.8) is 0 Å². The standard InChI is InChI=1S/C18H17F3N4O3S/c1-18(9-29(27,28)25(2)17(22)24-18)12-5-10(6-13(20)16(12)21)7-15(26)14-4-3-11(19)8-23-14/h3-6,8H,7,9H2,1-2H3,(H2,22,24)/t18-/m0/s1. The molecule has 0 aliphatic carbocycles. The Bertz CT molecular complexity index is 1120. The molecule has 0 saturated carbocycles. The lowest BCUT2D eigenvalue weighted by atomic mass is 9.91. The van der Waals surface area contributed by atoms with Crippen molar-refractivity contribution in [1.29, 1.82) is 0 Å². The third-order valence-electron chi connectivity index (χ3n) is 4.61. The summed E-state index contributed by atoms with van der Waals surface area (Å²) in [5, 5.41) is 0. The number of nitrogens with zero attached hydrogens (tertiary/aromatic N) is 3. The van der Waals surface area contributed by atoms with Crippen molar-refractivity contribution in [3.05, 3.63) is 64.7 Å². The highest BCUT2D eigenvalue weighted by molar-refractivity contribution is 7.89. The molecule has 0 radical (unpaired) electrons. The van der Waals surface area contributed by atoms with Gasteiger partial charge in [0.1, 0.15) is 17.1 Å². The first-order valence-corrected chi connectivity index (χ1v) is 9.99. The number of carbonyl (C=O) groups excluding carboxylic acids is 1. The molecule has 29 heavy (non-hydrogen) atoms. The zero-order valence-corrected chi connectivity index (χ0v) is 16.3. The number of nitrogens with two attached hydrogens (primary N) is 1. The number of pyridine rings is 1. The smallest absolute Gasteiger partial charge is 0.239 e. The number of carbonyl (C=O) groups is 1. The second-order valence-electron chi connectivity index (χ2n) is 6.87. The van der Waals surface area contributed by atoms with Crippen molar-refractivity contribution in [2.24, 2.45) is 10.7 Å². The number of guanidine groups is 1. The van der Waals surface area contributed by atoms with Gasteiger partial charge in [-0.15, -0.1) is 0 Å². The van der Waals surface area contributed by atoms with Gasteiger partial charge in [0.2, 0.25) is 16.0 Å². The summed E-state index contributed by atoms with van der Waals surface area (Å²) in [6.07, 6.45) is 0.511. The molecular weight excluding hydrogens is 409 g/mol. The summed E-state index contributed by atoms with van der Waals surface area (Å²) in [5.74, 6) is -4.71. The summed E-state index contributed by atoms with van der Waals surface area (Å²) in [7, 11) is -2.70. The van der Waals surface area contributed by atoms with E-state index in [0.29, 0.717) is 0 Å². The Morgan fingerprint density at radius 2 is 1.97 bits per heavy atom. The van der Waals surface area contributed by atoms with E-state index in [4.69, 9.17) is 5.73 Å². The summed E-state index contributed by atoms with van der Waals surface area (Å²) in [4.78, 5) is 20.0. The predicted molar refractivity (Wildman–Crippen MR) is 99.1 cm³/mol. The third kappa shape index (κ3) is 3.95. The summed E-state index contributed by atoms with van der Waals surface area (Å²) >= 11 is 0. The molecule has 0 amide bonds. The molecule has 3 rings (SSSR count). The molecule has 0 spiro atoms. The first-order chi connectivity index (χ1) is 13.4. The first-order valence-electron chi connectivity index (χ1n) is 8.38. The molecule has 154 valence electrons. The van der Waals surface area contributed by atoms with Crippen LogP contribution < -0.4 is 5.73 Å². The van der Waals surface area contributed by atoms with Crippen molar-refractivity contribution >= 4 is 21.8 Å². The average Bonchev–Trinajstić information content (AvgIpc) is 2.62. The third-order valence-corrected chi connectivity index (χ3v) is 6.56. The van der Waals surface area contributed by atoms with Gasteiger partial charge in [-0.05, 0) is 36.8 Å². The number of hydrogen-bond acceptors (Lipinski definition) is 6. The molecule has 0 unspecified atom stereocenters. The quantitative estimate of drug-likeness (QED) is 0.750. The van der Waals surface area contributed by atoms with E-state index in [9.17, 15) is 26.4 Å². The minimum Gasteiger partial charge on any atom is -0.369 e. The normalized spacial score (nSPS) is 21.0. The number of aromatic nitrogens is 1. The predicted octanol–water partition coefficient (Wildman–Crippen LogP) is 1.73. The summed E-state index contributed by atoms with van der Waals surface area (Å²) in [5.41, 5.74) is 3.66. The monoisotopic (exact) mass is 426 g/mol. The van der Waals surface area contributed by atoms with Crippen LogP contribution >= 0.6 is 0 Å². The van der Waals surface area contributed by atoms with E-state index >= 15 is 0 Å². The Morgan fingerprint density at radius 3 is 2.55 bits per heavy atom. The molecule has 1 aliphatic rings. The second kappa shape index (κ2) is 7.14. The zero-order chi connectivity index (χ0) is 21.6. The van der Waals surface area contributed by atoms with Crippen molar-refractivity contribution in [2.75, 3.05) is 12.8 Å². The van der Waals surface area contributed by atoms with Crippen LogP contribution in [0.5, 0.6) is 0 Å². The zero-order valence-electron chi connectivity index (χ0n) is 15.5. The molecule has 0 saturated heterocycles. The molecule has 11 heteroatoms. The fourth-order valence-electron chi connectivity index (χ4n) is 3.04. The van der Waals surface area contributed by atoms with Crippen LogP contribution in [0.15, 0.2) is 35.5 Å². The number of Topliss-reactive ketones (excluding diaryl/α,β-unsaturated/α-hetero) is 1. The molecule has 2 N–H and O–H groups in total. The van der Waals surface area contributed by atoms with E-state index < -0.39 is 44.5 Å². The van der Waals surface area contributed by atoms with E-state index in [1.54, 1.807) is 0 Å². The first kappa shape index (κ1) is 20.8. The minimum absolute atomic E-state index is 0.0481. The van der Waals surface area contributed by atoms with Gasteiger partial charge in [0, 0.05) is 19.0 Å². The number of aliphatic imine (C=N–C) groups is 1. The van der Waals surface area contributed by atoms with Gasteiger partial charge in [-0.3, -0.25) is 9.78 Å². The Kier molecular flexibility index (Phi) is 5.11. The van der Waals surface area contributed by atoms with Crippen LogP contribution in [-0.4, -0.2) is 42.3 Å². The molecule has 2 aromatic rings. The van der Waals surface area contributed by atoms with E-state index in [1.807, 2.05) is 0 Å². The van der Waals surface area contributed by atoms with Crippen molar-refractivity contribution in [1.82, 2.24) is 9.29 Å². The van der Waals surface area contributed by atoms with E-state index in [-0.39, 0.29) is 29.2 Å². The molecule has 1 atom stereocenters. The van der Waals surface area contributed by atoms with Gasteiger partial charge in [0.15, 0.2) is 17.4 Å². The van der Waals surface area contributed by atoms with Crippen LogP contribution in [0, 0.1) is 17.5 Å². The highest BCUT2D eigenvalue weighted by atomic mass is 32.2. The van der Waals surface area contributed by atoms with Crippen molar-refractivity contribution in [3.8, 4) is 0 Å². The highest BCUT2D eigenvalue weighted by Gasteiger charge is 2.42. The number of halogens is 3. The summed E-state index contributed by atoms with van der Waals surface area (Å²) in [6, 6.07) is 4.24. The summed E-state index contributed by atoms with van der Waals surface area (Å²) < 4.78 is 67.1. The van der Waals surface area contributed by atoms with E-state index in [2.05, 4.69) is 9.98 Å². The topological polar surface area (TPSA) is 106 Å². The Balaban J connectivity index is 2.02. The molecule has 7 nitrogen and oxygen atoms in total. The SMILES string of the molecule is CN1C(N)=N[C@](C)(c2cc(CC(=O)c3ccc(F)cn3)cc(F)c2F)CS1(=O)=O. The molecular formula is C18H17F3N4O3S. The van der Waals surface area contributed by atoms with Crippen LogP contribution in [0.4, 0.5) is 13.2 Å². The van der Waals surface area contributed by atoms with Gasteiger partial charge in [-0.2, -0.15) is 0 Å². The molecule has 2 heterocycles. The number of benzene rings is 1. The van der Waals surface area contributed by atoms with Crippen molar-refractivity contribution in [2.45, 2.75) is 18.9 Å². The minimum atomic E-state index is -3.90. The Morgan fingerprint density at radius 1 is 1.28 bits per heavy atom. The second-order valence-corrected chi connectivity index (χ2v) is 8.87. The fourth-order valence-corrected chi connectivity index (χ4v) is 4.49. The van der Waals surface area contributed by atoms with Crippen LogP contribution in [0.1, 0.15) is 28.5 Å². The van der Waals surface area contributed by atoms with Crippen LogP contribution in [0.3, 0.4) is 0 Å². The van der Waals surface area contributed by atoms with Gasteiger partial charge >= 0.3 is 0 Å². The maximum atomic E-state index is 14.6. The lowest BCUT2D eigenvalue weighted by Gasteiger charge is -2.34. The number of hydrogen-bond donors (Lipinski definition) is 1. The molecule has 0 fully saturated rings. The van der Waals surface area contributed by atoms with Crippen LogP contribution in [-0.2, 0) is 22.0 Å². The Labute approximate surface area is 165 Å². The van der Waals surface area contributed by atoms with Gasteiger partial charge < -0.3 is 5.73 Å². The summed E-state index contributed by atoms with van der Waals surface area (Å²) in [6.45, 7) is 1.31. The number of rotatable bonds is 4. The lowest BCUT2D eigenvalue weighted by molar-refractivity contribution is 0.0988. The van der Waals surface area contributed by atoms with Crippen LogP contribution in [0.2, 0.25) is 0 Å².